The fourth-order valence-electron chi connectivity index (χ4n) is 2.50. The summed E-state index contributed by atoms with van der Waals surface area (Å²) in [5.41, 5.74) is 3.15. The predicted molar refractivity (Wildman–Crippen MR) is 110 cm³/mol. The zero-order valence-electron chi connectivity index (χ0n) is 15.6. The fraction of sp³-hybridized carbons (Fsp3) is 0.200. The summed E-state index contributed by atoms with van der Waals surface area (Å²) in [6, 6.07) is 14.8. The minimum atomic E-state index is -0.375. The minimum absolute atomic E-state index is 0.280. The molecule has 0 spiro atoms. The van der Waals surface area contributed by atoms with Crippen LogP contribution in [0.3, 0.4) is 0 Å². The maximum Gasteiger partial charge on any atom is 0.338 e. The standard InChI is InChI=1S/C20H20N4O3S/c1-3-26-19(25)15-8-5-9-16(11-15)22-20(28)21-12-17-23-18(24-27-17)14-7-4-6-13(2)10-14/h4-11H,3,12H2,1-2H3,(H2,21,22,28). The van der Waals surface area contributed by atoms with E-state index >= 15 is 0 Å². The number of thiocarbonyl (C=S) groups is 1. The molecule has 144 valence electrons. The van der Waals surface area contributed by atoms with E-state index in [4.69, 9.17) is 21.5 Å². The first-order valence-corrected chi connectivity index (χ1v) is 9.17. The molecule has 0 aliphatic heterocycles. The molecule has 1 aromatic heterocycles. The van der Waals surface area contributed by atoms with Crippen LogP contribution in [0.15, 0.2) is 53.1 Å². The van der Waals surface area contributed by atoms with Crippen molar-refractivity contribution in [3.05, 3.63) is 65.5 Å². The van der Waals surface area contributed by atoms with Gasteiger partial charge in [-0.15, -0.1) is 0 Å². The lowest BCUT2D eigenvalue weighted by molar-refractivity contribution is 0.0526. The summed E-state index contributed by atoms with van der Waals surface area (Å²) in [6.07, 6.45) is 0. The molecule has 0 atom stereocenters. The average Bonchev–Trinajstić information content (AvgIpc) is 3.16. The number of anilines is 1. The Labute approximate surface area is 168 Å². The van der Waals surface area contributed by atoms with E-state index in [-0.39, 0.29) is 12.5 Å². The fourth-order valence-corrected chi connectivity index (χ4v) is 2.69. The van der Waals surface area contributed by atoms with Crippen LogP contribution in [0.2, 0.25) is 0 Å². The monoisotopic (exact) mass is 396 g/mol. The quantitative estimate of drug-likeness (QED) is 0.481. The molecule has 1 heterocycles. The molecule has 8 heteroatoms. The van der Waals surface area contributed by atoms with Gasteiger partial charge in [-0.05, 0) is 50.3 Å². The molecule has 3 rings (SSSR count). The highest BCUT2D eigenvalue weighted by Crippen LogP contribution is 2.17. The topological polar surface area (TPSA) is 89.3 Å². The predicted octanol–water partition coefficient (Wildman–Crippen LogP) is 3.71. The Hall–Kier alpha value is -3.26. The molecule has 28 heavy (non-hydrogen) atoms. The number of aryl methyl sites for hydroxylation is 1. The minimum Gasteiger partial charge on any atom is -0.462 e. The Morgan fingerprint density at radius 2 is 2.04 bits per heavy atom. The van der Waals surface area contributed by atoms with Gasteiger partial charge >= 0.3 is 5.97 Å². The van der Waals surface area contributed by atoms with Crippen LogP contribution in [0.4, 0.5) is 5.69 Å². The van der Waals surface area contributed by atoms with Crippen LogP contribution >= 0.6 is 12.2 Å². The number of ether oxygens (including phenoxy) is 1. The number of nitrogens with zero attached hydrogens (tertiary/aromatic N) is 2. The van der Waals surface area contributed by atoms with E-state index in [1.54, 1.807) is 31.2 Å². The lowest BCUT2D eigenvalue weighted by atomic mass is 10.1. The number of hydrogen-bond acceptors (Lipinski definition) is 6. The first-order chi connectivity index (χ1) is 13.5. The number of aromatic nitrogens is 2. The van der Waals surface area contributed by atoms with Crippen LogP contribution in [0, 0.1) is 6.92 Å². The summed E-state index contributed by atoms with van der Waals surface area (Å²) in [7, 11) is 0. The Kier molecular flexibility index (Phi) is 6.33. The zero-order valence-corrected chi connectivity index (χ0v) is 16.4. The van der Waals surface area contributed by atoms with Gasteiger partial charge in [0.15, 0.2) is 5.11 Å². The lowest BCUT2D eigenvalue weighted by Gasteiger charge is -2.10. The third-order valence-corrected chi connectivity index (χ3v) is 4.02. The van der Waals surface area contributed by atoms with Crippen LogP contribution in [-0.4, -0.2) is 27.8 Å². The van der Waals surface area contributed by atoms with Crippen LogP contribution in [0.25, 0.3) is 11.4 Å². The second-order valence-electron chi connectivity index (χ2n) is 5.99. The molecule has 7 nitrogen and oxygen atoms in total. The van der Waals surface area contributed by atoms with Gasteiger partial charge in [0.05, 0.1) is 18.7 Å². The Balaban J connectivity index is 1.56. The van der Waals surface area contributed by atoms with E-state index in [0.717, 1.165) is 11.1 Å². The number of rotatable bonds is 6. The molecule has 0 saturated heterocycles. The van der Waals surface area contributed by atoms with Gasteiger partial charge < -0.3 is 19.9 Å². The molecule has 0 amide bonds. The van der Waals surface area contributed by atoms with Crippen molar-refractivity contribution < 1.29 is 14.1 Å². The molecule has 0 saturated carbocycles. The van der Waals surface area contributed by atoms with Crippen LogP contribution in [0.5, 0.6) is 0 Å². The van der Waals surface area contributed by atoms with E-state index in [9.17, 15) is 4.79 Å². The first kappa shape index (κ1) is 19.5. The van der Waals surface area contributed by atoms with Gasteiger partial charge in [0, 0.05) is 11.3 Å². The summed E-state index contributed by atoms with van der Waals surface area (Å²) in [5, 5.41) is 10.4. The van der Waals surface area contributed by atoms with Crippen LogP contribution in [-0.2, 0) is 11.3 Å². The molecule has 3 aromatic rings. The van der Waals surface area contributed by atoms with E-state index in [2.05, 4.69) is 20.8 Å². The largest absolute Gasteiger partial charge is 0.462 e. The van der Waals surface area contributed by atoms with Gasteiger partial charge in [0.25, 0.3) is 0 Å². The second kappa shape index (κ2) is 9.09. The number of benzene rings is 2. The molecule has 0 fully saturated rings. The van der Waals surface area contributed by atoms with Crippen molar-refractivity contribution in [1.29, 1.82) is 0 Å². The Morgan fingerprint density at radius 1 is 1.21 bits per heavy atom. The summed E-state index contributed by atoms with van der Waals surface area (Å²) < 4.78 is 10.3. The van der Waals surface area contributed by atoms with E-state index in [1.807, 2.05) is 31.2 Å². The number of carbonyl (C=O) groups is 1. The number of hydrogen-bond donors (Lipinski definition) is 2. The molecular weight excluding hydrogens is 376 g/mol. The van der Waals surface area contributed by atoms with Crippen molar-refractivity contribution in [3.63, 3.8) is 0 Å². The summed E-state index contributed by atoms with van der Waals surface area (Å²) >= 11 is 5.28. The van der Waals surface area contributed by atoms with Gasteiger partial charge in [-0.1, -0.05) is 35.0 Å². The SMILES string of the molecule is CCOC(=O)c1cccc(NC(=S)NCc2nc(-c3cccc(C)c3)no2)c1. The van der Waals surface area contributed by atoms with Crippen molar-refractivity contribution in [2.45, 2.75) is 20.4 Å². The molecule has 0 unspecified atom stereocenters. The van der Waals surface area contributed by atoms with Crippen molar-refractivity contribution in [3.8, 4) is 11.4 Å². The number of carbonyl (C=O) groups excluding carboxylic acids is 1. The average molecular weight is 396 g/mol. The molecule has 2 aromatic carbocycles. The number of esters is 1. The molecule has 0 aliphatic carbocycles. The van der Waals surface area contributed by atoms with Gasteiger partial charge in [0.1, 0.15) is 0 Å². The molecule has 0 radical (unpaired) electrons. The summed E-state index contributed by atoms with van der Waals surface area (Å²) in [5.74, 6) is 0.571. The van der Waals surface area contributed by atoms with E-state index in [1.165, 1.54) is 0 Å². The van der Waals surface area contributed by atoms with E-state index in [0.29, 0.717) is 34.7 Å². The van der Waals surface area contributed by atoms with Gasteiger partial charge in [-0.3, -0.25) is 0 Å². The van der Waals surface area contributed by atoms with Crippen molar-refractivity contribution >= 4 is 29.0 Å². The maximum atomic E-state index is 11.8. The van der Waals surface area contributed by atoms with Crippen LogP contribution in [0.1, 0.15) is 28.7 Å². The highest BCUT2D eigenvalue weighted by molar-refractivity contribution is 7.80. The first-order valence-electron chi connectivity index (χ1n) is 8.77. The highest BCUT2D eigenvalue weighted by Gasteiger charge is 2.10. The van der Waals surface area contributed by atoms with Crippen molar-refractivity contribution in [2.75, 3.05) is 11.9 Å². The van der Waals surface area contributed by atoms with Crippen molar-refractivity contribution in [2.24, 2.45) is 0 Å². The molecule has 2 N–H and O–H groups in total. The molecule has 0 aliphatic rings. The third kappa shape index (κ3) is 5.14. The van der Waals surface area contributed by atoms with Gasteiger partial charge in [0.2, 0.25) is 11.7 Å². The normalized spacial score (nSPS) is 10.4. The highest BCUT2D eigenvalue weighted by atomic mass is 32.1. The van der Waals surface area contributed by atoms with Gasteiger partial charge in [-0.25, -0.2) is 4.79 Å². The lowest BCUT2D eigenvalue weighted by Crippen LogP contribution is -2.28. The maximum absolute atomic E-state index is 11.8. The van der Waals surface area contributed by atoms with E-state index < -0.39 is 0 Å². The zero-order chi connectivity index (χ0) is 19.9. The summed E-state index contributed by atoms with van der Waals surface area (Å²) in [4.78, 5) is 16.2. The Morgan fingerprint density at radius 3 is 2.82 bits per heavy atom. The second-order valence-corrected chi connectivity index (χ2v) is 6.40. The Bertz CT molecular complexity index is 987. The summed E-state index contributed by atoms with van der Waals surface area (Å²) in [6.45, 7) is 4.38. The third-order valence-electron chi connectivity index (χ3n) is 3.78. The smallest absolute Gasteiger partial charge is 0.338 e. The number of nitrogens with one attached hydrogen (secondary N) is 2. The van der Waals surface area contributed by atoms with Crippen LogP contribution < -0.4 is 10.6 Å². The van der Waals surface area contributed by atoms with Gasteiger partial charge in [-0.2, -0.15) is 4.98 Å². The molecular formula is C20H20N4O3S. The molecule has 0 bridgehead atoms. The van der Waals surface area contributed by atoms with Crippen molar-refractivity contribution in [1.82, 2.24) is 15.5 Å².